The lowest BCUT2D eigenvalue weighted by Crippen LogP contribution is -2.16. The lowest BCUT2D eigenvalue weighted by Gasteiger charge is -2.12. The average molecular weight is 343 g/mol. The lowest BCUT2D eigenvalue weighted by atomic mass is 10.1. The fourth-order valence-corrected chi connectivity index (χ4v) is 2.80. The van der Waals surface area contributed by atoms with Gasteiger partial charge in [-0.2, -0.15) is 0 Å². The minimum absolute atomic E-state index is 0.152. The molecule has 0 aliphatic carbocycles. The largest absolute Gasteiger partial charge is 0.491 e. The molecule has 1 amide bonds. The van der Waals surface area contributed by atoms with Crippen LogP contribution >= 0.6 is 0 Å². The van der Waals surface area contributed by atoms with E-state index in [4.69, 9.17) is 9.47 Å². The van der Waals surface area contributed by atoms with Gasteiger partial charge >= 0.3 is 0 Å². The van der Waals surface area contributed by atoms with Crippen LogP contribution in [0.15, 0.2) is 48.5 Å². The smallest absolute Gasteiger partial charge is 0.224 e. The van der Waals surface area contributed by atoms with Crippen LogP contribution in [0.4, 0.5) is 10.1 Å². The molecule has 3 rings (SSSR count). The highest BCUT2D eigenvalue weighted by molar-refractivity contribution is 5.91. The molecule has 1 aliphatic heterocycles. The first-order valence-electron chi connectivity index (χ1n) is 8.58. The Hall–Kier alpha value is -2.40. The molecule has 1 atom stereocenters. The minimum atomic E-state index is -0.278. The van der Waals surface area contributed by atoms with Gasteiger partial charge in [0.15, 0.2) is 0 Å². The van der Waals surface area contributed by atoms with Crippen LogP contribution in [0.25, 0.3) is 0 Å². The quantitative estimate of drug-likeness (QED) is 0.828. The molecule has 1 fully saturated rings. The molecule has 1 N–H and O–H groups in total. The first kappa shape index (κ1) is 17.4. The Morgan fingerprint density at radius 2 is 2.12 bits per heavy atom. The van der Waals surface area contributed by atoms with E-state index >= 15 is 0 Å². The van der Waals surface area contributed by atoms with Crippen LogP contribution in [0.2, 0.25) is 0 Å². The van der Waals surface area contributed by atoms with Gasteiger partial charge in [-0.25, -0.2) is 4.39 Å². The first-order valence-corrected chi connectivity index (χ1v) is 8.58. The van der Waals surface area contributed by atoms with Crippen LogP contribution in [-0.2, 0) is 16.0 Å². The summed E-state index contributed by atoms with van der Waals surface area (Å²) in [5, 5.41) is 2.83. The highest BCUT2D eigenvalue weighted by Gasteiger charge is 2.16. The number of aryl methyl sites for hydroxylation is 1. The van der Waals surface area contributed by atoms with Crippen LogP contribution in [0.3, 0.4) is 0 Å². The average Bonchev–Trinajstić information content (AvgIpc) is 3.13. The third-order valence-corrected chi connectivity index (χ3v) is 4.16. The second-order valence-electron chi connectivity index (χ2n) is 6.11. The van der Waals surface area contributed by atoms with Crippen molar-refractivity contribution in [2.45, 2.75) is 31.8 Å². The number of halogens is 1. The predicted octanol–water partition coefficient (Wildman–Crippen LogP) is 3.95. The van der Waals surface area contributed by atoms with Crippen LogP contribution in [0.1, 0.15) is 24.8 Å². The summed E-state index contributed by atoms with van der Waals surface area (Å²) in [4.78, 5) is 12.1. The first-order chi connectivity index (χ1) is 12.2. The van der Waals surface area contributed by atoms with Crippen molar-refractivity contribution < 1.29 is 18.7 Å². The number of ether oxygens (including phenoxy) is 2. The maximum atomic E-state index is 13.6. The third-order valence-electron chi connectivity index (χ3n) is 4.16. The Morgan fingerprint density at radius 3 is 2.92 bits per heavy atom. The fraction of sp³-hybridized carbons (Fsp3) is 0.350. The third kappa shape index (κ3) is 5.29. The van der Waals surface area contributed by atoms with Gasteiger partial charge < -0.3 is 14.8 Å². The van der Waals surface area contributed by atoms with Gasteiger partial charge in [-0.05, 0) is 43.0 Å². The van der Waals surface area contributed by atoms with Gasteiger partial charge in [-0.1, -0.05) is 24.3 Å². The van der Waals surface area contributed by atoms with E-state index in [1.165, 1.54) is 6.07 Å². The molecule has 0 radical (unpaired) electrons. The molecule has 0 bridgehead atoms. The van der Waals surface area contributed by atoms with Crippen LogP contribution in [0.5, 0.6) is 5.75 Å². The molecule has 1 aliphatic rings. The number of hydrogen-bond donors (Lipinski definition) is 1. The van der Waals surface area contributed by atoms with Crippen LogP contribution in [-0.4, -0.2) is 25.2 Å². The molecule has 25 heavy (non-hydrogen) atoms. The second kappa shape index (κ2) is 8.62. The van der Waals surface area contributed by atoms with Gasteiger partial charge in [0.2, 0.25) is 5.91 Å². The van der Waals surface area contributed by atoms with E-state index in [9.17, 15) is 9.18 Å². The van der Waals surface area contributed by atoms with Crippen LogP contribution < -0.4 is 10.1 Å². The molecular weight excluding hydrogens is 321 g/mol. The van der Waals surface area contributed by atoms with E-state index in [1.54, 1.807) is 30.3 Å². The Labute approximate surface area is 147 Å². The summed E-state index contributed by atoms with van der Waals surface area (Å²) in [5.74, 6) is 0.266. The SMILES string of the molecule is O=C(CCc1ccccc1F)Nc1cccc(OCC2CCCO2)c1. The summed E-state index contributed by atoms with van der Waals surface area (Å²) < 4.78 is 24.8. The van der Waals surface area contributed by atoms with Gasteiger partial charge in [-0.3, -0.25) is 4.79 Å². The number of amides is 1. The van der Waals surface area contributed by atoms with Gasteiger partial charge in [0.05, 0.1) is 6.10 Å². The predicted molar refractivity (Wildman–Crippen MR) is 94.3 cm³/mol. The maximum absolute atomic E-state index is 13.6. The fourth-order valence-electron chi connectivity index (χ4n) is 2.80. The van der Waals surface area contributed by atoms with Gasteiger partial charge in [0, 0.05) is 24.8 Å². The van der Waals surface area contributed by atoms with Crippen molar-refractivity contribution in [1.29, 1.82) is 0 Å². The summed E-state index contributed by atoms with van der Waals surface area (Å²) >= 11 is 0. The molecule has 1 unspecified atom stereocenters. The Balaban J connectivity index is 1.49. The topological polar surface area (TPSA) is 47.6 Å². The number of carbonyl (C=O) groups excluding carboxylic acids is 1. The van der Waals surface area contributed by atoms with E-state index in [0.717, 1.165) is 19.4 Å². The van der Waals surface area contributed by atoms with Crippen molar-refractivity contribution >= 4 is 11.6 Å². The molecule has 0 saturated carbocycles. The molecular formula is C20H22FNO3. The van der Waals surface area contributed by atoms with Crippen molar-refractivity contribution in [3.05, 3.63) is 59.9 Å². The zero-order valence-corrected chi connectivity index (χ0v) is 14.0. The number of benzene rings is 2. The molecule has 132 valence electrons. The summed E-state index contributed by atoms with van der Waals surface area (Å²) in [6.07, 6.45) is 2.84. The highest BCUT2D eigenvalue weighted by atomic mass is 19.1. The van der Waals surface area contributed by atoms with Crippen molar-refractivity contribution in [1.82, 2.24) is 0 Å². The summed E-state index contributed by atoms with van der Waals surface area (Å²) in [5.41, 5.74) is 1.22. The highest BCUT2D eigenvalue weighted by Crippen LogP contribution is 2.20. The zero-order valence-electron chi connectivity index (χ0n) is 14.0. The molecule has 5 heteroatoms. The summed E-state index contributed by atoms with van der Waals surface area (Å²) in [7, 11) is 0. The minimum Gasteiger partial charge on any atom is -0.491 e. The number of nitrogens with one attached hydrogen (secondary N) is 1. The van der Waals surface area contributed by atoms with Crippen molar-refractivity contribution in [3.8, 4) is 5.75 Å². The van der Waals surface area contributed by atoms with Gasteiger partial charge in [0.25, 0.3) is 0 Å². The van der Waals surface area contributed by atoms with E-state index in [-0.39, 0.29) is 24.2 Å². The normalized spacial score (nSPS) is 16.6. The van der Waals surface area contributed by atoms with E-state index in [1.807, 2.05) is 12.1 Å². The Bertz CT molecular complexity index is 714. The van der Waals surface area contributed by atoms with Crippen molar-refractivity contribution in [2.24, 2.45) is 0 Å². The van der Waals surface area contributed by atoms with Gasteiger partial charge in [-0.15, -0.1) is 0 Å². The molecule has 2 aromatic rings. The van der Waals surface area contributed by atoms with E-state index in [2.05, 4.69) is 5.32 Å². The van der Waals surface area contributed by atoms with Crippen molar-refractivity contribution in [3.63, 3.8) is 0 Å². The zero-order chi connectivity index (χ0) is 17.5. The Kier molecular flexibility index (Phi) is 6.01. The number of carbonyl (C=O) groups is 1. The lowest BCUT2D eigenvalue weighted by molar-refractivity contribution is -0.116. The summed E-state index contributed by atoms with van der Waals surface area (Å²) in [6, 6.07) is 13.8. The van der Waals surface area contributed by atoms with Gasteiger partial charge in [0.1, 0.15) is 18.2 Å². The second-order valence-corrected chi connectivity index (χ2v) is 6.11. The van der Waals surface area contributed by atoms with Crippen LogP contribution in [0, 0.1) is 5.82 Å². The number of hydrogen-bond acceptors (Lipinski definition) is 3. The molecule has 4 nitrogen and oxygen atoms in total. The monoisotopic (exact) mass is 343 g/mol. The number of rotatable bonds is 7. The molecule has 0 spiro atoms. The molecule has 2 aromatic carbocycles. The summed E-state index contributed by atoms with van der Waals surface area (Å²) in [6.45, 7) is 1.32. The maximum Gasteiger partial charge on any atom is 0.224 e. The van der Waals surface area contributed by atoms with E-state index in [0.29, 0.717) is 30.0 Å². The van der Waals surface area contributed by atoms with E-state index < -0.39 is 0 Å². The standard InChI is InChI=1S/C20H22FNO3/c21-19-9-2-1-5-15(19)10-11-20(23)22-16-6-3-7-17(13-16)25-14-18-8-4-12-24-18/h1-3,5-7,9,13,18H,4,8,10-12,14H2,(H,22,23). The molecule has 1 heterocycles. The Morgan fingerprint density at radius 1 is 1.24 bits per heavy atom. The number of anilines is 1. The molecule has 0 aromatic heterocycles. The van der Waals surface area contributed by atoms with Crippen molar-refractivity contribution in [2.75, 3.05) is 18.5 Å². The molecule has 1 saturated heterocycles.